The number of ether oxygens (including phenoxy) is 1. The second kappa shape index (κ2) is 8.29. The number of sulfonamides is 1. The van der Waals surface area contributed by atoms with E-state index < -0.39 is 16.0 Å². The highest BCUT2D eigenvalue weighted by Gasteiger charge is 2.34. The van der Waals surface area contributed by atoms with Crippen LogP contribution in [0.4, 0.5) is 0 Å². The number of benzene rings is 1. The van der Waals surface area contributed by atoms with Crippen LogP contribution in [0.5, 0.6) is 0 Å². The Labute approximate surface area is 148 Å². The lowest BCUT2D eigenvalue weighted by Gasteiger charge is -2.34. The molecule has 1 aromatic rings. The van der Waals surface area contributed by atoms with Gasteiger partial charge in [0.2, 0.25) is 10.0 Å². The van der Waals surface area contributed by atoms with E-state index in [2.05, 4.69) is 5.32 Å². The summed E-state index contributed by atoms with van der Waals surface area (Å²) in [6.45, 7) is 3.89. The number of hydrogen-bond donors (Lipinski definition) is 1. The topological polar surface area (TPSA) is 75.7 Å². The van der Waals surface area contributed by atoms with Crippen LogP contribution in [0.1, 0.15) is 36.5 Å². The number of methoxy groups -OCH3 is 1. The number of piperidine rings is 1. The average Bonchev–Trinajstić information content (AvgIpc) is 2.59. The molecule has 24 heavy (non-hydrogen) atoms. The zero-order valence-electron chi connectivity index (χ0n) is 13.9. The molecule has 0 saturated carbocycles. The minimum Gasteiger partial charge on any atom is -0.465 e. The van der Waals surface area contributed by atoms with E-state index in [0.29, 0.717) is 13.0 Å². The minimum atomic E-state index is -3.85. The molecule has 0 radical (unpaired) electrons. The summed E-state index contributed by atoms with van der Waals surface area (Å²) in [5.74, 6) is -0.688. The highest BCUT2D eigenvalue weighted by atomic mass is 35.5. The summed E-state index contributed by atoms with van der Waals surface area (Å²) >= 11 is 5.99. The van der Waals surface area contributed by atoms with Gasteiger partial charge in [-0.25, -0.2) is 13.2 Å². The van der Waals surface area contributed by atoms with Crippen LogP contribution in [0.3, 0.4) is 0 Å². The highest BCUT2D eigenvalue weighted by molar-refractivity contribution is 7.89. The van der Waals surface area contributed by atoms with Crippen molar-refractivity contribution in [2.45, 2.75) is 37.1 Å². The first-order valence-electron chi connectivity index (χ1n) is 8.02. The van der Waals surface area contributed by atoms with Gasteiger partial charge in [-0.15, -0.1) is 0 Å². The summed E-state index contributed by atoms with van der Waals surface area (Å²) in [7, 11) is -2.62. The molecular weight excluding hydrogens is 352 g/mol. The quantitative estimate of drug-likeness (QED) is 0.773. The summed E-state index contributed by atoms with van der Waals surface area (Å²) in [4.78, 5) is 11.9. The van der Waals surface area contributed by atoms with Crippen LogP contribution in [0, 0.1) is 0 Å². The minimum absolute atomic E-state index is 0.0111. The van der Waals surface area contributed by atoms with Crippen molar-refractivity contribution in [1.29, 1.82) is 0 Å². The smallest absolute Gasteiger partial charge is 0.339 e. The first-order valence-corrected chi connectivity index (χ1v) is 9.84. The van der Waals surface area contributed by atoms with Crippen LogP contribution in [0.15, 0.2) is 23.1 Å². The fraction of sp³-hybridized carbons (Fsp3) is 0.562. The van der Waals surface area contributed by atoms with Crippen molar-refractivity contribution < 1.29 is 17.9 Å². The number of carbonyl (C=O) groups is 1. The van der Waals surface area contributed by atoms with E-state index >= 15 is 0 Å². The lowest BCUT2D eigenvalue weighted by Crippen LogP contribution is -2.46. The number of carbonyl (C=O) groups excluding carboxylic acids is 1. The molecule has 1 aromatic carbocycles. The molecule has 1 N–H and O–H groups in total. The van der Waals surface area contributed by atoms with Crippen LogP contribution in [0.25, 0.3) is 0 Å². The van der Waals surface area contributed by atoms with Gasteiger partial charge in [-0.05, 0) is 50.6 Å². The van der Waals surface area contributed by atoms with Crippen molar-refractivity contribution >= 4 is 27.6 Å². The molecule has 0 spiro atoms. The first kappa shape index (κ1) is 19.2. The van der Waals surface area contributed by atoms with Crippen LogP contribution in [0.2, 0.25) is 5.02 Å². The Kier molecular flexibility index (Phi) is 6.62. The lowest BCUT2D eigenvalue weighted by atomic mass is 10.1. The molecule has 0 aromatic heterocycles. The number of esters is 1. The first-order chi connectivity index (χ1) is 11.4. The number of halogens is 1. The van der Waals surface area contributed by atoms with Crippen molar-refractivity contribution in [1.82, 2.24) is 9.62 Å². The number of nitrogens with one attached hydrogen (secondary N) is 1. The van der Waals surface area contributed by atoms with E-state index in [0.717, 1.165) is 25.9 Å². The molecule has 0 aliphatic carbocycles. The molecule has 1 fully saturated rings. The number of rotatable bonds is 6. The Bertz CT molecular complexity index is 687. The normalized spacial score (nSPS) is 16.3. The predicted molar refractivity (Wildman–Crippen MR) is 92.9 cm³/mol. The van der Waals surface area contributed by atoms with E-state index in [4.69, 9.17) is 16.3 Å². The third kappa shape index (κ3) is 4.08. The van der Waals surface area contributed by atoms with E-state index in [1.54, 1.807) is 0 Å². The predicted octanol–water partition coefficient (Wildman–Crippen LogP) is 2.28. The second-order valence-electron chi connectivity index (χ2n) is 5.73. The van der Waals surface area contributed by atoms with Gasteiger partial charge in [-0.2, -0.15) is 4.31 Å². The molecule has 2 rings (SSSR count). The van der Waals surface area contributed by atoms with E-state index in [9.17, 15) is 13.2 Å². The van der Waals surface area contributed by atoms with Crippen molar-refractivity contribution in [3.63, 3.8) is 0 Å². The summed E-state index contributed by atoms with van der Waals surface area (Å²) in [6, 6.07) is 4.13. The van der Waals surface area contributed by atoms with Gasteiger partial charge >= 0.3 is 5.97 Å². The Morgan fingerprint density at radius 3 is 2.62 bits per heavy atom. The molecular formula is C16H23ClN2O4S. The van der Waals surface area contributed by atoms with Gasteiger partial charge in [0.25, 0.3) is 0 Å². The van der Waals surface area contributed by atoms with Crippen molar-refractivity contribution in [2.75, 3.05) is 26.7 Å². The van der Waals surface area contributed by atoms with Gasteiger partial charge in [0.15, 0.2) is 0 Å². The van der Waals surface area contributed by atoms with Crippen LogP contribution in [-0.4, -0.2) is 51.5 Å². The van der Waals surface area contributed by atoms with Gasteiger partial charge in [0, 0.05) is 17.6 Å². The molecule has 1 aliphatic rings. The highest BCUT2D eigenvalue weighted by Crippen LogP contribution is 2.28. The summed E-state index contributed by atoms with van der Waals surface area (Å²) < 4.78 is 32.7. The van der Waals surface area contributed by atoms with E-state index in [1.807, 2.05) is 6.92 Å². The third-order valence-electron chi connectivity index (χ3n) is 4.10. The van der Waals surface area contributed by atoms with Gasteiger partial charge in [-0.1, -0.05) is 18.5 Å². The number of hydrogen-bond acceptors (Lipinski definition) is 5. The maximum absolute atomic E-state index is 13.3. The summed E-state index contributed by atoms with van der Waals surface area (Å²) in [5, 5.41) is 3.50. The molecule has 0 amide bonds. The number of nitrogens with zero attached hydrogens (tertiary/aromatic N) is 1. The Hall–Kier alpha value is -1.15. The second-order valence-corrected chi connectivity index (χ2v) is 8.02. The summed E-state index contributed by atoms with van der Waals surface area (Å²) in [6.07, 6.45) is 2.18. The van der Waals surface area contributed by atoms with Crippen LogP contribution >= 0.6 is 11.6 Å². The zero-order chi connectivity index (χ0) is 17.7. The fourth-order valence-electron chi connectivity index (χ4n) is 2.93. The fourth-order valence-corrected chi connectivity index (χ4v) is 5.15. The van der Waals surface area contributed by atoms with Crippen molar-refractivity contribution in [3.05, 3.63) is 28.8 Å². The average molecular weight is 375 g/mol. The molecule has 0 atom stereocenters. The van der Waals surface area contributed by atoms with Gasteiger partial charge in [0.05, 0.1) is 17.6 Å². The molecule has 1 saturated heterocycles. The molecule has 0 bridgehead atoms. The molecule has 0 unspecified atom stereocenters. The molecule has 1 aliphatic heterocycles. The molecule has 1 heterocycles. The van der Waals surface area contributed by atoms with Crippen molar-refractivity contribution in [3.8, 4) is 0 Å². The molecule has 8 heteroatoms. The monoisotopic (exact) mass is 374 g/mol. The van der Waals surface area contributed by atoms with E-state index in [-0.39, 0.29) is 21.5 Å². The van der Waals surface area contributed by atoms with Crippen LogP contribution in [-0.2, 0) is 14.8 Å². The third-order valence-corrected chi connectivity index (χ3v) is 6.32. The van der Waals surface area contributed by atoms with E-state index in [1.165, 1.54) is 29.6 Å². The zero-order valence-corrected chi connectivity index (χ0v) is 15.5. The molecule has 134 valence electrons. The lowest BCUT2D eigenvalue weighted by molar-refractivity contribution is 0.0596. The standard InChI is InChI=1S/C16H23ClN2O4S/c1-3-10-19(13-6-8-18-9-7-13)24(21,22)15-11-12(17)4-5-14(15)16(20)23-2/h4-5,11,13,18H,3,6-10H2,1-2H3. The van der Waals surface area contributed by atoms with Crippen molar-refractivity contribution in [2.24, 2.45) is 0 Å². The Balaban J connectivity index is 2.49. The Morgan fingerprint density at radius 1 is 1.38 bits per heavy atom. The maximum Gasteiger partial charge on any atom is 0.339 e. The SMILES string of the molecule is CCCN(C1CCNCC1)S(=O)(=O)c1cc(Cl)ccc1C(=O)OC. The van der Waals surface area contributed by atoms with Crippen LogP contribution < -0.4 is 5.32 Å². The van der Waals surface area contributed by atoms with Gasteiger partial charge in [0.1, 0.15) is 0 Å². The summed E-state index contributed by atoms with van der Waals surface area (Å²) in [5.41, 5.74) is 0.0111. The van der Waals surface area contributed by atoms with Gasteiger partial charge in [-0.3, -0.25) is 0 Å². The molecule has 6 nitrogen and oxygen atoms in total. The Morgan fingerprint density at radius 2 is 2.04 bits per heavy atom. The van der Waals surface area contributed by atoms with Gasteiger partial charge < -0.3 is 10.1 Å². The maximum atomic E-state index is 13.3. The largest absolute Gasteiger partial charge is 0.465 e.